The lowest BCUT2D eigenvalue weighted by molar-refractivity contribution is -0.137. The van der Waals surface area contributed by atoms with E-state index in [0.29, 0.717) is 17.4 Å². The SMILES string of the molecule is Nc1cc(C(=O)OCCC(=O)O)n(C2CC2)c1. The Morgan fingerprint density at radius 3 is 2.82 bits per heavy atom. The van der Waals surface area contributed by atoms with Crippen LogP contribution in [0.5, 0.6) is 0 Å². The zero-order valence-electron chi connectivity index (χ0n) is 9.26. The van der Waals surface area contributed by atoms with Crippen molar-refractivity contribution in [3.63, 3.8) is 0 Å². The van der Waals surface area contributed by atoms with Crippen LogP contribution in [0.15, 0.2) is 12.3 Å². The van der Waals surface area contributed by atoms with Gasteiger partial charge in [-0.05, 0) is 18.9 Å². The third kappa shape index (κ3) is 2.77. The molecule has 0 saturated heterocycles. The fourth-order valence-electron chi connectivity index (χ4n) is 1.62. The van der Waals surface area contributed by atoms with Gasteiger partial charge in [0.15, 0.2) is 0 Å². The van der Waals surface area contributed by atoms with E-state index in [1.807, 2.05) is 0 Å². The summed E-state index contributed by atoms with van der Waals surface area (Å²) in [5, 5.41) is 8.44. The number of carbonyl (C=O) groups is 2. The number of ether oxygens (including phenoxy) is 1. The summed E-state index contributed by atoms with van der Waals surface area (Å²) in [6.45, 7) is -0.121. The molecule has 0 unspecified atom stereocenters. The molecule has 0 bridgehead atoms. The minimum Gasteiger partial charge on any atom is -0.481 e. The molecule has 1 heterocycles. The van der Waals surface area contributed by atoms with Gasteiger partial charge in [0.25, 0.3) is 0 Å². The van der Waals surface area contributed by atoms with E-state index < -0.39 is 11.9 Å². The molecule has 0 atom stereocenters. The summed E-state index contributed by atoms with van der Waals surface area (Å²) in [4.78, 5) is 22.0. The molecule has 2 rings (SSSR count). The number of nitrogen functional groups attached to an aromatic ring is 1. The number of nitrogens with zero attached hydrogens (tertiary/aromatic N) is 1. The topological polar surface area (TPSA) is 94.6 Å². The second-order valence-electron chi connectivity index (χ2n) is 4.08. The molecule has 0 amide bonds. The highest BCUT2D eigenvalue weighted by atomic mass is 16.5. The van der Waals surface area contributed by atoms with E-state index in [4.69, 9.17) is 15.6 Å². The third-order valence-corrected chi connectivity index (χ3v) is 2.57. The first-order valence-electron chi connectivity index (χ1n) is 5.44. The normalized spacial score (nSPS) is 14.6. The van der Waals surface area contributed by atoms with Gasteiger partial charge in [0.1, 0.15) is 12.3 Å². The average molecular weight is 238 g/mol. The summed E-state index contributed by atoms with van der Waals surface area (Å²) in [6.07, 6.45) is 3.59. The Morgan fingerprint density at radius 1 is 1.53 bits per heavy atom. The van der Waals surface area contributed by atoms with Crippen LogP contribution in [0.4, 0.5) is 5.69 Å². The first kappa shape index (κ1) is 11.5. The number of hydrogen-bond donors (Lipinski definition) is 2. The number of esters is 1. The van der Waals surface area contributed by atoms with E-state index in [0.717, 1.165) is 12.8 Å². The van der Waals surface area contributed by atoms with Crippen LogP contribution < -0.4 is 5.73 Å². The molecule has 0 aromatic carbocycles. The molecule has 0 aliphatic heterocycles. The molecule has 0 spiro atoms. The number of nitrogens with two attached hydrogens (primary N) is 1. The minimum atomic E-state index is -0.991. The van der Waals surface area contributed by atoms with E-state index in [1.165, 1.54) is 0 Å². The molecular weight excluding hydrogens is 224 g/mol. The van der Waals surface area contributed by atoms with Gasteiger partial charge < -0.3 is 20.1 Å². The number of hydrogen-bond acceptors (Lipinski definition) is 4. The zero-order valence-corrected chi connectivity index (χ0v) is 9.26. The molecule has 3 N–H and O–H groups in total. The molecule has 1 aliphatic rings. The van der Waals surface area contributed by atoms with Crippen molar-refractivity contribution in [1.29, 1.82) is 0 Å². The minimum absolute atomic E-state index is 0.121. The van der Waals surface area contributed by atoms with Crippen LogP contribution in [0.25, 0.3) is 0 Å². The second-order valence-corrected chi connectivity index (χ2v) is 4.08. The standard InChI is InChI=1S/C11H14N2O4/c12-7-5-9(13(6-7)8-1-2-8)11(16)17-4-3-10(14)15/h5-6,8H,1-4,12H2,(H,14,15). The molecule has 6 nitrogen and oxygen atoms in total. The largest absolute Gasteiger partial charge is 0.481 e. The van der Waals surface area contributed by atoms with Crippen molar-refractivity contribution in [1.82, 2.24) is 4.57 Å². The molecule has 17 heavy (non-hydrogen) atoms. The Bertz CT molecular complexity index is 448. The number of aromatic nitrogens is 1. The number of anilines is 1. The summed E-state index contributed by atoms with van der Waals surface area (Å²) >= 11 is 0. The van der Waals surface area contributed by atoms with Crippen molar-refractivity contribution in [3.05, 3.63) is 18.0 Å². The Balaban J connectivity index is 2.00. The second kappa shape index (κ2) is 4.48. The van der Waals surface area contributed by atoms with Gasteiger partial charge in [0, 0.05) is 12.2 Å². The quantitative estimate of drug-likeness (QED) is 0.747. The maximum atomic E-state index is 11.7. The van der Waals surface area contributed by atoms with Gasteiger partial charge in [-0.1, -0.05) is 0 Å². The summed E-state index contributed by atoms with van der Waals surface area (Å²) in [6, 6.07) is 1.89. The number of rotatable bonds is 5. The lowest BCUT2D eigenvalue weighted by atomic mass is 10.4. The maximum absolute atomic E-state index is 11.7. The fraction of sp³-hybridized carbons (Fsp3) is 0.455. The van der Waals surface area contributed by atoms with Gasteiger partial charge in [-0.2, -0.15) is 0 Å². The van der Waals surface area contributed by atoms with Crippen LogP contribution in [0, 0.1) is 0 Å². The molecule has 1 aliphatic carbocycles. The van der Waals surface area contributed by atoms with Crippen molar-refractivity contribution in [2.45, 2.75) is 25.3 Å². The van der Waals surface area contributed by atoms with Crippen molar-refractivity contribution in [2.24, 2.45) is 0 Å². The van der Waals surface area contributed by atoms with Crippen molar-refractivity contribution in [2.75, 3.05) is 12.3 Å². The summed E-state index contributed by atoms with van der Waals surface area (Å²) < 4.78 is 6.68. The Labute approximate surface area is 98.0 Å². The highest BCUT2D eigenvalue weighted by Gasteiger charge is 2.28. The lowest BCUT2D eigenvalue weighted by Gasteiger charge is -2.06. The van der Waals surface area contributed by atoms with Crippen LogP contribution in [0.2, 0.25) is 0 Å². The molecule has 1 aromatic heterocycles. The maximum Gasteiger partial charge on any atom is 0.355 e. The molecular formula is C11H14N2O4. The Hall–Kier alpha value is -1.98. The molecule has 0 radical (unpaired) electrons. The van der Waals surface area contributed by atoms with Gasteiger partial charge in [0.2, 0.25) is 0 Å². The first-order valence-corrected chi connectivity index (χ1v) is 5.44. The molecule has 6 heteroatoms. The molecule has 1 aromatic rings. The molecule has 1 saturated carbocycles. The van der Waals surface area contributed by atoms with Crippen LogP contribution in [0.1, 0.15) is 35.8 Å². The van der Waals surface area contributed by atoms with E-state index >= 15 is 0 Å². The third-order valence-electron chi connectivity index (χ3n) is 2.57. The summed E-state index contributed by atoms with van der Waals surface area (Å²) in [5.74, 6) is -1.51. The predicted octanol–water partition coefficient (Wildman–Crippen LogP) is 1.04. The Morgan fingerprint density at radius 2 is 2.24 bits per heavy atom. The highest BCUT2D eigenvalue weighted by Crippen LogP contribution is 2.37. The van der Waals surface area contributed by atoms with Gasteiger partial charge in [-0.25, -0.2) is 4.79 Å². The van der Waals surface area contributed by atoms with Crippen molar-refractivity contribution in [3.8, 4) is 0 Å². The number of carboxylic acid groups (broad SMARTS) is 1. The van der Waals surface area contributed by atoms with Crippen LogP contribution >= 0.6 is 0 Å². The van der Waals surface area contributed by atoms with Gasteiger partial charge in [-0.3, -0.25) is 4.79 Å². The van der Waals surface area contributed by atoms with Crippen molar-refractivity contribution < 1.29 is 19.4 Å². The smallest absolute Gasteiger partial charge is 0.355 e. The van der Waals surface area contributed by atoms with Crippen molar-refractivity contribution >= 4 is 17.6 Å². The average Bonchev–Trinajstić information content (AvgIpc) is 3.01. The fourth-order valence-corrected chi connectivity index (χ4v) is 1.62. The predicted molar refractivity (Wildman–Crippen MR) is 59.7 cm³/mol. The van der Waals surface area contributed by atoms with Crippen LogP contribution in [0.3, 0.4) is 0 Å². The summed E-state index contributed by atoms with van der Waals surface area (Å²) in [7, 11) is 0. The van der Waals surface area contributed by atoms with Crippen LogP contribution in [-0.2, 0) is 9.53 Å². The molecule has 92 valence electrons. The van der Waals surface area contributed by atoms with Gasteiger partial charge in [0.05, 0.1) is 12.1 Å². The number of aliphatic carboxylic acids is 1. The first-order chi connectivity index (χ1) is 8.08. The number of carboxylic acids is 1. The highest BCUT2D eigenvalue weighted by molar-refractivity contribution is 5.89. The summed E-state index contributed by atoms with van der Waals surface area (Å²) in [5.41, 5.74) is 6.55. The Kier molecular flexibility index (Phi) is 3.03. The zero-order chi connectivity index (χ0) is 12.4. The van der Waals surface area contributed by atoms with Crippen LogP contribution in [-0.4, -0.2) is 28.2 Å². The van der Waals surface area contributed by atoms with Gasteiger partial charge in [-0.15, -0.1) is 0 Å². The number of carbonyl (C=O) groups excluding carboxylic acids is 1. The van der Waals surface area contributed by atoms with E-state index in [2.05, 4.69) is 0 Å². The molecule has 1 fully saturated rings. The monoisotopic (exact) mass is 238 g/mol. The lowest BCUT2D eigenvalue weighted by Crippen LogP contribution is -2.13. The van der Waals surface area contributed by atoms with Gasteiger partial charge >= 0.3 is 11.9 Å². The van der Waals surface area contributed by atoms with E-state index in [-0.39, 0.29) is 13.0 Å². The van der Waals surface area contributed by atoms with E-state index in [9.17, 15) is 9.59 Å². The van der Waals surface area contributed by atoms with E-state index in [1.54, 1.807) is 16.8 Å².